The molecule has 0 fully saturated rings. The van der Waals surface area contributed by atoms with Crippen LogP contribution in [0.3, 0.4) is 0 Å². The van der Waals surface area contributed by atoms with E-state index in [4.69, 9.17) is 0 Å². The third kappa shape index (κ3) is 5.37. The summed E-state index contributed by atoms with van der Waals surface area (Å²) in [6.07, 6.45) is 1.16. The summed E-state index contributed by atoms with van der Waals surface area (Å²) in [6, 6.07) is 19.2. The second-order valence-electron chi connectivity index (χ2n) is 7.19. The maximum Gasteiger partial charge on any atom is 0.407 e. The number of hydrogen-bond donors (Lipinski definition) is 3. The van der Waals surface area contributed by atoms with Gasteiger partial charge in [-0.2, -0.15) is 0 Å². The van der Waals surface area contributed by atoms with Gasteiger partial charge in [-0.25, -0.2) is 19.1 Å². The molecular weight excluding hydrogens is 424 g/mol. The monoisotopic (exact) mass is 446 g/mol. The van der Waals surface area contributed by atoms with Gasteiger partial charge in [0.25, 0.3) is 0 Å². The molecule has 0 spiro atoms. The average Bonchev–Trinajstić information content (AvgIpc) is 3.13. The van der Waals surface area contributed by atoms with Crippen molar-refractivity contribution in [1.29, 1.82) is 0 Å². The second kappa shape index (κ2) is 9.69. The van der Waals surface area contributed by atoms with Crippen LogP contribution in [-0.2, 0) is 17.8 Å². The maximum atomic E-state index is 12.5. The summed E-state index contributed by atoms with van der Waals surface area (Å²) in [5.74, 6) is 0. The number of urea groups is 1. The Hall–Kier alpha value is -4.60. The van der Waals surface area contributed by atoms with Crippen molar-refractivity contribution < 1.29 is 14.3 Å². The van der Waals surface area contributed by atoms with Crippen molar-refractivity contribution in [1.82, 2.24) is 19.5 Å². The van der Waals surface area contributed by atoms with Crippen LogP contribution in [0.5, 0.6) is 0 Å². The molecule has 3 amide bonds. The molecule has 0 aliphatic heterocycles. The molecule has 4 rings (SSSR count). The van der Waals surface area contributed by atoms with Crippen LogP contribution in [0.25, 0.3) is 5.65 Å². The Morgan fingerprint density at radius 2 is 1.73 bits per heavy atom. The molecule has 0 atom stereocenters. The molecule has 33 heavy (non-hydrogen) atoms. The minimum atomic E-state index is -0.509. The van der Waals surface area contributed by atoms with Crippen molar-refractivity contribution in [2.75, 3.05) is 17.7 Å². The third-order valence-corrected chi connectivity index (χ3v) is 4.84. The number of nitrogens with one attached hydrogen (secondary N) is 3. The normalized spacial score (nSPS) is 10.6. The average molecular weight is 446 g/mol. The van der Waals surface area contributed by atoms with Crippen LogP contribution in [0.4, 0.5) is 21.0 Å². The van der Waals surface area contributed by atoms with E-state index in [0.29, 0.717) is 23.6 Å². The number of carbonyl (C=O) groups excluding carboxylic acids is 2. The fourth-order valence-electron chi connectivity index (χ4n) is 3.24. The zero-order valence-corrected chi connectivity index (χ0v) is 17.8. The van der Waals surface area contributed by atoms with Gasteiger partial charge in [-0.3, -0.25) is 4.40 Å². The minimum absolute atomic E-state index is 0.230. The summed E-state index contributed by atoms with van der Waals surface area (Å²) in [5, 5.41) is 12.5. The summed E-state index contributed by atoms with van der Waals surface area (Å²) in [6.45, 7) is 0.597. The van der Waals surface area contributed by atoms with Crippen molar-refractivity contribution in [3.8, 4) is 0 Å². The molecule has 168 valence electrons. The zero-order chi connectivity index (χ0) is 23.2. The Morgan fingerprint density at radius 1 is 0.939 bits per heavy atom. The Bertz CT molecular complexity index is 1340. The van der Waals surface area contributed by atoms with E-state index in [1.165, 1.54) is 16.2 Å². The first-order chi connectivity index (χ1) is 16.0. The van der Waals surface area contributed by atoms with Crippen molar-refractivity contribution in [2.24, 2.45) is 0 Å². The number of nitrogens with zero attached hydrogens (tertiary/aromatic N) is 3. The molecule has 0 unspecified atom stereocenters. The molecule has 0 saturated carbocycles. The fourth-order valence-corrected chi connectivity index (χ4v) is 3.24. The van der Waals surface area contributed by atoms with Crippen LogP contribution in [0.2, 0.25) is 0 Å². The maximum absolute atomic E-state index is 12.5. The number of anilines is 2. The quantitative estimate of drug-likeness (QED) is 0.421. The van der Waals surface area contributed by atoms with Crippen molar-refractivity contribution in [2.45, 2.75) is 13.1 Å². The fraction of sp³-hybridized carbons (Fsp3) is 0.130. The van der Waals surface area contributed by atoms with E-state index in [1.54, 1.807) is 60.8 Å². The van der Waals surface area contributed by atoms with E-state index in [0.717, 1.165) is 11.1 Å². The molecule has 3 N–H and O–H groups in total. The summed E-state index contributed by atoms with van der Waals surface area (Å²) in [5.41, 5.74) is 3.21. The first kappa shape index (κ1) is 21.6. The van der Waals surface area contributed by atoms with Gasteiger partial charge in [0.2, 0.25) is 0 Å². The summed E-state index contributed by atoms with van der Waals surface area (Å²) in [7, 11) is 1.30. The smallest absolute Gasteiger partial charge is 0.407 e. The lowest BCUT2D eigenvalue weighted by Gasteiger charge is -2.10. The third-order valence-electron chi connectivity index (χ3n) is 4.84. The molecule has 10 nitrogen and oxygen atoms in total. The van der Waals surface area contributed by atoms with E-state index in [-0.39, 0.29) is 12.2 Å². The van der Waals surface area contributed by atoms with Gasteiger partial charge in [-0.15, -0.1) is 5.10 Å². The first-order valence-corrected chi connectivity index (χ1v) is 10.1. The van der Waals surface area contributed by atoms with Crippen molar-refractivity contribution in [3.05, 3.63) is 94.5 Å². The lowest BCUT2D eigenvalue weighted by atomic mass is 10.2. The number of carbonyl (C=O) groups is 2. The first-order valence-electron chi connectivity index (χ1n) is 10.1. The molecule has 0 aliphatic rings. The Morgan fingerprint density at radius 3 is 2.48 bits per heavy atom. The van der Waals surface area contributed by atoms with E-state index < -0.39 is 12.1 Å². The summed E-state index contributed by atoms with van der Waals surface area (Å²) < 4.78 is 7.39. The number of aromatic nitrogens is 3. The standard InChI is InChI=1S/C23H22N6O4/c1-33-22(31)24-14-16-8-10-18(11-9-16)25-21(30)26-19-6-4-5-17(13-19)15-29-23(32)28-12-3-2-7-20(28)27-29/h2-13H,14-15H2,1H3,(H,24,31)(H2,25,26,30). The van der Waals surface area contributed by atoms with Gasteiger partial charge in [0.15, 0.2) is 5.65 Å². The topological polar surface area (TPSA) is 119 Å². The molecule has 0 bridgehead atoms. The number of rotatable bonds is 6. The molecule has 0 aliphatic carbocycles. The number of methoxy groups -OCH3 is 1. The van der Waals surface area contributed by atoms with Crippen LogP contribution >= 0.6 is 0 Å². The molecule has 2 heterocycles. The highest BCUT2D eigenvalue weighted by atomic mass is 16.5. The molecule has 2 aromatic heterocycles. The van der Waals surface area contributed by atoms with Crippen LogP contribution in [0.15, 0.2) is 77.7 Å². The zero-order valence-electron chi connectivity index (χ0n) is 17.8. The lowest BCUT2D eigenvalue weighted by molar-refractivity contribution is 0.170. The molecule has 4 aromatic rings. The van der Waals surface area contributed by atoms with Gasteiger partial charge < -0.3 is 20.7 Å². The molecule has 0 radical (unpaired) electrons. The highest BCUT2D eigenvalue weighted by molar-refractivity contribution is 5.99. The highest BCUT2D eigenvalue weighted by Crippen LogP contribution is 2.14. The van der Waals surface area contributed by atoms with Gasteiger partial charge in [0.05, 0.1) is 13.7 Å². The Labute approximate surface area is 188 Å². The van der Waals surface area contributed by atoms with Crippen LogP contribution in [-0.4, -0.2) is 33.4 Å². The van der Waals surface area contributed by atoms with Crippen molar-refractivity contribution >= 4 is 29.1 Å². The van der Waals surface area contributed by atoms with Crippen LogP contribution in [0.1, 0.15) is 11.1 Å². The van der Waals surface area contributed by atoms with E-state index in [9.17, 15) is 14.4 Å². The van der Waals surface area contributed by atoms with E-state index >= 15 is 0 Å². The van der Waals surface area contributed by atoms with Gasteiger partial charge >= 0.3 is 17.8 Å². The number of alkyl carbamates (subject to hydrolysis) is 1. The summed E-state index contributed by atoms with van der Waals surface area (Å²) in [4.78, 5) is 36.0. The summed E-state index contributed by atoms with van der Waals surface area (Å²) >= 11 is 0. The number of benzene rings is 2. The van der Waals surface area contributed by atoms with Crippen molar-refractivity contribution in [3.63, 3.8) is 0 Å². The van der Waals surface area contributed by atoms with Crippen LogP contribution < -0.4 is 21.6 Å². The number of ether oxygens (including phenoxy) is 1. The van der Waals surface area contributed by atoms with Gasteiger partial charge in [-0.05, 0) is 47.5 Å². The number of hydrogen-bond acceptors (Lipinski definition) is 5. The van der Waals surface area contributed by atoms with Gasteiger partial charge in [0.1, 0.15) is 0 Å². The SMILES string of the molecule is COC(=O)NCc1ccc(NC(=O)Nc2cccc(Cn3nc4ccccn4c3=O)c2)cc1. The predicted molar refractivity (Wildman–Crippen MR) is 123 cm³/mol. The lowest BCUT2D eigenvalue weighted by Crippen LogP contribution is -2.22. The number of pyridine rings is 1. The Kier molecular flexibility index (Phi) is 6.35. The predicted octanol–water partition coefficient (Wildman–Crippen LogP) is 3.04. The highest BCUT2D eigenvalue weighted by Gasteiger charge is 2.08. The van der Waals surface area contributed by atoms with E-state index in [2.05, 4.69) is 25.8 Å². The van der Waals surface area contributed by atoms with Gasteiger partial charge in [-0.1, -0.05) is 30.3 Å². The molecular formula is C23H22N6O4. The Balaban J connectivity index is 1.37. The second-order valence-corrected chi connectivity index (χ2v) is 7.19. The molecule has 10 heteroatoms. The minimum Gasteiger partial charge on any atom is -0.453 e. The van der Waals surface area contributed by atoms with E-state index in [1.807, 2.05) is 12.1 Å². The van der Waals surface area contributed by atoms with Crippen LogP contribution in [0, 0.1) is 0 Å². The number of amides is 3. The largest absolute Gasteiger partial charge is 0.453 e. The molecule has 0 saturated heterocycles. The molecule has 2 aromatic carbocycles. The van der Waals surface area contributed by atoms with Gasteiger partial charge in [0, 0.05) is 24.1 Å². The number of fused-ring (bicyclic) bond motifs is 1.